The first-order valence-electron chi connectivity index (χ1n) is 5.90. The Kier molecular flexibility index (Phi) is 4.22. The summed E-state index contributed by atoms with van der Waals surface area (Å²) < 4.78 is 0.771. The van der Waals surface area contributed by atoms with E-state index in [9.17, 15) is 9.90 Å². The van der Waals surface area contributed by atoms with Crippen molar-refractivity contribution in [3.8, 4) is 5.75 Å². The summed E-state index contributed by atoms with van der Waals surface area (Å²) in [4.78, 5) is 14.2. The molecule has 1 amide bonds. The van der Waals surface area contributed by atoms with Crippen molar-refractivity contribution in [2.45, 2.75) is 24.3 Å². The lowest BCUT2D eigenvalue weighted by molar-refractivity contribution is 0.0750. The van der Waals surface area contributed by atoms with Crippen LogP contribution in [0.1, 0.15) is 24.2 Å². The molecule has 1 heterocycles. The monoisotopic (exact) mass is 329 g/mol. The molecular weight excluding hydrogens is 314 g/mol. The molecule has 1 N–H and O–H groups in total. The van der Waals surface area contributed by atoms with Gasteiger partial charge in [-0.25, -0.2) is 0 Å². The molecule has 0 aliphatic carbocycles. The van der Waals surface area contributed by atoms with Crippen LogP contribution in [0.5, 0.6) is 5.75 Å². The summed E-state index contributed by atoms with van der Waals surface area (Å²) in [6.45, 7) is 5.73. The molecule has 1 saturated heterocycles. The molecule has 2 rings (SSSR count). The number of amides is 1. The average Bonchev–Trinajstić information content (AvgIpc) is 2.26. The van der Waals surface area contributed by atoms with E-state index < -0.39 is 0 Å². The smallest absolute Gasteiger partial charge is 0.257 e. The summed E-state index contributed by atoms with van der Waals surface area (Å²) in [5, 5.41) is 10.7. The maximum absolute atomic E-state index is 12.4. The van der Waals surface area contributed by atoms with Crippen LogP contribution in [-0.2, 0) is 0 Å². The second kappa shape index (κ2) is 5.53. The van der Waals surface area contributed by atoms with Gasteiger partial charge in [-0.1, -0.05) is 29.8 Å². The largest absolute Gasteiger partial charge is 0.507 e. The quantitative estimate of drug-likeness (QED) is 0.860. The van der Waals surface area contributed by atoms with E-state index in [0.29, 0.717) is 16.1 Å². The van der Waals surface area contributed by atoms with Gasteiger partial charge in [-0.2, -0.15) is 11.8 Å². The minimum atomic E-state index is -0.0843. The van der Waals surface area contributed by atoms with E-state index in [4.69, 9.17) is 0 Å². The van der Waals surface area contributed by atoms with Crippen LogP contribution in [0.2, 0.25) is 0 Å². The molecular formula is C13H16BrNO2S. The zero-order valence-electron chi connectivity index (χ0n) is 10.4. The molecule has 1 aliphatic rings. The summed E-state index contributed by atoms with van der Waals surface area (Å²) in [7, 11) is 0. The number of hydrogen-bond acceptors (Lipinski definition) is 3. The normalized spacial score (nSPS) is 24.1. The van der Waals surface area contributed by atoms with E-state index in [1.807, 2.05) is 16.7 Å². The molecule has 2 unspecified atom stereocenters. The summed E-state index contributed by atoms with van der Waals surface area (Å²) >= 11 is 5.17. The fraction of sp³-hybridized carbons (Fsp3) is 0.462. The molecule has 1 aromatic carbocycles. The summed E-state index contributed by atoms with van der Waals surface area (Å²) in [5.41, 5.74) is 0.379. The van der Waals surface area contributed by atoms with Crippen molar-refractivity contribution in [3.05, 3.63) is 28.2 Å². The van der Waals surface area contributed by atoms with Gasteiger partial charge in [0, 0.05) is 28.1 Å². The number of thioether (sulfide) groups is 1. The molecule has 1 fully saturated rings. The number of aromatic hydroxyl groups is 1. The lowest BCUT2D eigenvalue weighted by Gasteiger charge is -2.34. The highest BCUT2D eigenvalue weighted by atomic mass is 79.9. The van der Waals surface area contributed by atoms with Crippen molar-refractivity contribution in [2.75, 3.05) is 13.1 Å². The first kappa shape index (κ1) is 13.7. The van der Waals surface area contributed by atoms with Crippen LogP contribution in [0.25, 0.3) is 0 Å². The molecule has 98 valence electrons. The number of benzene rings is 1. The predicted octanol–water partition coefficient (Wildman–Crippen LogP) is 3.12. The number of phenolic OH excluding ortho intramolecular Hbond substituents is 1. The Morgan fingerprint density at radius 3 is 2.56 bits per heavy atom. The molecule has 18 heavy (non-hydrogen) atoms. The molecule has 1 aliphatic heterocycles. The number of nitrogens with zero attached hydrogens (tertiary/aromatic N) is 1. The second-order valence-corrected chi connectivity index (χ2v) is 7.43. The Labute approximate surface area is 120 Å². The van der Waals surface area contributed by atoms with Crippen LogP contribution in [0.3, 0.4) is 0 Å². The third-order valence-electron chi connectivity index (χ3n) is 2.90. The van der Waals surface area contributed by atoms with Gasteiger partial charge >= 0.3 is 0 Å². The van der Waals surface area contributed by atoms with Crippen LogP contribution >= 0.6 is 27.7 Å². The van der Waals surface area contributed by atoms with Crippen molar-refractivity contribution < 1.29 is 9.90 Å². The van der Waals surface area contributed by atoms with Crippen LogP contribution in [0.15, 0.2) is 22.7 Å². The third-order valence-corrected chi connectivity index (χ3v) is 4.62. The van der Waals surface area contributed by atoms with E-state index in [2.05, 4.69) is 29.8 Å². The molecule has 0 spiro atoms. The maximum atomic E-state index is 12.4. The molecule has 0 aromatic heterocycles. The summed E-state index contributed by atoms with van der Waals surface area (Å²) in [6, 6.07) is 5.00. The van der Waals surface area contributed by atoms with Gasteiger partial charge in [-0.15, -0.1) is 0 Å². The van der Waals surface area contributed by atoms with Gasteiger partial charge in [0.05, 0.1) is 5.56 Å². The SMILES string of the molecule is CC1CN(C(=O)c2ccc(Br)cc2O)CC(C)S1. The molecule has 2 atom stereocenters. The van der Waals surface area contributed by atoms with Gasteiger partial charge in [0.2, 0.25) is 0 Å². The lowest BCUT2D eigenvalue weighted by atomic mass is 10.1. The molecule has 1 aromatic rings. The van der Waals surface area contributed by atoms with Gasteiger partial charge in [-0.05, 0) is 18.2 Å². The van der Waals surface area contributed by atoms with E-state index >= 15 is 0 Å². The van der Waals surface area contributed by atoms with E-state index in [-0.39, 0.29) is 11.7 Å². The van der Waals surface area contributed by atoms with Crippen LogP contribution in [0.4, 0.5) is 0 Å². The highest BCUT2D eigenvalue weighted by Crippen LogP contribution is 2.28. The van der Waals surface area contributed by atoms with Gasteiger partial charge in [-0.3, -0.25) is 4.79 Å². The minimum Gasteiger partial charge on any atom is -0.507 e. The predicted molar refractivity (Wildman–Crippen MR) is 78.2 cm³/mol. The molecule has 3 nitrogen and oxygen atoms in total. The van der Waals surface area contributed by atoms with Crippen molar-refractivity contribution in [2.24, 2.45) is 0 Å². The first-order valence-corrected chi connectivity index (χ1v) is 7.64. The Balaban J connectivity index is 2.20. The fourth-order valence-electron chi connectivity index (χ4n) is 2.20. The molecule has 0 saturated carbocycles. The van der Waals surface area contributed by atoms with Crippen molar-refractivity contribution in [1.82, 2.24) is 4.90 Å². The topological polar surface area (TPSA) is 40.5 Å². The van der Waals surface area contributed by atoms with Crippen molar-refractivity contribution >= 4 is 33.6 Å². The van der Waals surface area contributed by atoms with E-state index in [1.54, 1.807) is 18.2 Å². The minimum absolute atomic E-state index is 0.0351. The maximum Gasteiger partial charge on any atom is 0.257 e. The molecule has 0 bridgehead atoms. The van der Waals surface area contributed by atoms with Crippen LogP contribution in [-0.4, -0.2) is 39.5 Å². The van der Waals surface area contributed by atoms with Crippen molar-refractivity contribution in [1.29, 1.82) is 0 Å². The zero-order chi connectivity index (χ0) is 13.3. The average molecular weight is 330 g/mol. The number of phenols is 1. The molecule has 0 radical (unpaired) electrons. The van der Waals surface area contributed by atoms with Gasteiger partial charge in [0.25, 0.3) is 5.91 Å². The number of carbonyl (C=O) groups excluding carboxylic acids is 1. The Morgan fingerprint density at radius 1 is 1.39 bits per heavy atom. The Hall–Kier alpha value is -0.680. The van der Waals surface area contributed by atoms with Gasteiger partial charge < -0.3 is 10.0 Å². The lowest BCUT2D eigenvalue weighted by Crippen LogP contribution is -2.44. The van der Waals surface area contributed by atoms with Crippen molar-refractivity contribution in [3.63, 3.8) is 0 Å². The number of halogens is 1. The van der Waals surface area contributed by atoms with Crippen LogP contribution in [0, 0.1) is 0 Å². The van der Waals surface area contributed by atoms with E-state index in [0.717, 1.165) is 17.6 Å². The number of rotatable bonds is 1. The number of carbonyl (C=O) groups is 1. The van der Waals surface area contributed by atoms with Gasteiger partial charge in [0.1, 0.15) is 5.75 Å². The van der Waals surface area contributed by atoms with Crippen LogP contribution < -0.4 is 0 Å². The summed E-state index contributed by atoms with van der Waals surface area (Å²) in [6.07, 6.45) is 0. The Morgan fingerprint density at radius 2 is 2.00 bits per heavy atom. The second-order valence-electron chi connectivity index (χ2n) is 4.63. The third kappa shape index (κ3) is 3.01. The Bertz CT molecular complexity index is 456. The van der Waals surface area contributed by atoms with E-state index in [1.165, 1.54) is 0 Å². The van der Waals surface area contributed by atoms with Gasteiger partial charge in [0.15, 0.2) is 0 Å². The fourth-order valence-corrected chi connectivity index (χ4v) is 3.87. The highest BCUT2D eigenvalue weighted by molar-refractivity contribution is 9.10. The zero-order valence-corrected chi connectivity index (χ0v) is 12.8. The number of hydrogen-bond donors (Lipinski definition) is 1. The summed E-state index contributed by atoms with van der Waals surface area (Å²) in [5.74, 6) is -0.0492. The molecule has 5 heteroatoms. The standard InChI is InChI=1S/C13H16BrNO2S/c1-8-6-15(7-9(2)18-8)13(17)11-4-3-10(14)5-12(11)16/h3-5,8-9,16H,6-7H2,1-2H3. The highest BCUT2D eigenvalue weighted by Gasteiger charge is 2.27. The first-order chi connectivity index (χ1) is 8.47.